The number of alkyl halides is 1. The predicted molar refractivity (Wildman–Crippen MR) is 67.7 cm³/mol. The summed E-state index contributed by atoms with van der Waals surface area (Å²) in [7, 11) is 0. The van der Waals surface area contributed by atoms with Crippen molar-refractivity contribution in [1.82, 2.24) is 5.32 Å². The molecule has 15 heavy (non-hydrogen) atoms. The van der Waals surface area contributed by atoms with Gasteiger partial charge in [0.05, 0.1) is 5.54 Å². The zero-order valence-electron chi connectivity index (χ0n) is 9.05. The molecular weight excluding hydrogens is 278 g/mol. The molecule has 5 heteroatoms. The van der Waals surface area contributed by atoms with E-state index in [1.54, 1.807) is 11.8 Å². The van der Waals surface area contributed by atoms with Crippen molar-refractivity contribution in [2.45, 2.75) is 24.8 Å². The Morgan fingerprint density at radius 1 is 1.53 bits per heavy atom. The average molecular weight is 296 g/mol. The van der Waals surface area contributed by atoms with E-state index in [-0.39, 0.29) is 11.4 Å². The highest BCUT2D eigenvalue weighted by Crippen LogP contribution is 2.23. The van der Waals surface area contributed by atoms with Crippen LogP contribution in [0.4, 0.5) is 0 Å². The number of carbonyl (C=O) groups is 1. The van der Waals surface area contributed by atoms with E-state index in [1.807, 2.05) is 6.26 Å². The zero-order valence-corrected chi connectivity index (χ0v) is 11.5. The van der Waals surface area contributed by atoms with Gasteiger partial charge in [-0.3, -0.25) is 4.79 Å². The van der Waals surface area contributed by atoms with E-state index in [1.165, 1.54) is 0 Å². The van der Waals surface area contributed by atoms with Crippen molar-refractivity contribution in [3.63, 3.8) is 0 Å². The van der Waals surface area contributed by atoms with Gasteiger partial charge in [0.15, 0.2) is 0 Å². The Kier molecular flexibility index (Phi) is 6.00. The monoisotopic (exact) mass is 295 g/mol. The first-order chi connectivity index (χ1) is 7.22. The SMILES string of the molecule is CSCCC(=O)NC1(CBr)CCOCC1. The second-order valence-corrected chi connectivity index (χ2v) is 5.36. The predicted octanol–water partition coefficient (Wildman–Crippen LogP) is 1.80. The van der Waals surface area contributed by atoms with Crippen LogP contribution in [-0.4, -0.2) is 42.0 Å². The second kappa shape index (κ2) is 6.76. The molecule has 0 radical (unpaired) electrons. The minimum absolute atomic E-state index is 0.0757. The molecule has 0 atom stereocenters. The van der Waals surface area contributed by atoms with Gasteiger partial charge in [0, 0.05) is 30.7 Å². The molecule has 1 aliphatic rings. The largest absolute Gasteiger partial charge is 0.381 e. The lowest BCUT2D eigenvalue weighted by Gasteiger charge is -2.36. The molecule has 3 nitrogen and oxygen atoms in total. The maximum absolute atomic E-state index is 11.6. The van der Waals surface area contributed by atoms with Gasteiger partial charge < -0.3 is 10.1 Å². The normalized spacial score (nSPS) is 19.9. The van der Waals surface area contributed by atoms with Gasteiger partial charge in [-0.05, 0) is 19.1 Å². The van der Waals surface area contributed by atoms with E-state index < -0.39 is 0 Å². The minimum Gasteiger partial charge on any atom is -0.381 e. The van der Waals surface area contributed by atoms with Crippen LogP contribution in [0.5, 0.6) is 0 Å². The third-order valence-electron chi connectivity index (χ3n) is 2.64. The molecule has 1 aliphatic heterocycles. The third-order valence-corrected chi connectivity index (χ3v) is 4.33. The van der Waals surface area contributed by atoms with Crippen LogP contribution in [0.1, 0.15) is 19.3 Å². The lowest BCUT2D eigenvalue weighted by Crippen LogP contribution is -2.53. The first-order valence-electron chi connectivity index (χ1n) is 5.16. The van der Waals surface area contributed by atoms with Gasteiger partial charge in [-0.15, -0.1) is 0 Å². The van der Waals surface area contributed by atoms with E-state index in [4.69, 9.17) is 4.74 Å². The molecular formula is C10H18BrNO2S. The molecule has 1 N–H and O–H groups in total. The van der Waals surface area contributed by atoms with Gasteiger partial charge in [-0.25, -0.2) is 0 Å². The highest BCUT2D eigenvalue weighted by molar-refractivity contribution is 9.09. The number of halogens is 1. The van der Waals surface area contributed by atoms with Crippen LogP contribution in [0.2, 0.25) is 0 Å². The van der Waals surface area contributed by atoms with E-state index in [0.717, 1.165) is 37.1 Å². The number of thioether (sulfide) groups is 1. The summed E-state index contributed by atoms with van der Waals surface area (Å²) in [5, 5.41) is 3.95. The maximum Gasteiger partial charge on any atom is 0.221 e. The summed E-state index contributed by atoms with van der Waals surface area (Å²) in [6.45, 7) is 1.49. The molecule has 0 aliphatic carbocycles. The third kappa shape index (κ3) is 4.33. The summed E-state index contributed by atoms with van der Waals surface area (Å²) >= 11 is 5.19. The highest BCUT2D eigenvalue weighted by atomic mass is 79.9. The maximum atomic E-state index is 11.6. The van der Waals surface area contributed by atoms with Gasteiger partial charge in [-0.1, -0.05) is 15.9 Å². The van der Waals surface area contributed by atoms with Crippen LogP contribution >= 0.6 is 27.7 Å². The first kappa shape index (κ1) is 13.3. The fraction of sp³-hybridized carbons (Fsp3) is 0.900. The fourth-order valence-corrected chi connectivity index (χ4v) is 2.70. The van der Waals surface area contributed by atoms with Crippen LogP contribution in [0.25, 0.3) is 0 Å². The molecule has 0 aromatic carbocycles. The Hall–Kier alpha value is 0.260. The van der Waals surface area contributed by atoms with Crippen LogP contribution in [0.15, 0.2) is 0 Å². The summed E-state index contributed by atoms with van der Waals surface area (Å²) in [5.74, 6) is 1.05. The van der Waals surface area contributed by atoms with Crippen LogP contribution in [0.3, 0.4) is 0 Å². The Bertz CT molecular complexity index is 208. The number of ether oxygens (including phenoxy) is 1. The molecule has 1 saturated heterocycles. The smallest absolute Gasteiger partial charge is 0.221 e. The minimum atomic E-state index is -0.0757. The van der Waals surface area contributed by atoms with E-state index in [9.17, 15) is 4.79 Å². The van der Waals surface area contributed by atoms with Gasteiger partial charge in [0.2, 0.25) is 5.91 Å². The molecule has 1 heterocycles. The number of amides is 1. The molecule has 0 aromatic heterocycles. The van der Waals surface area contributed by atoms with Gasteiger partial charge in [0.25, 0.3) is 0 Å². The summed E-state index contributed by atoms with van der Waals surface area (Å²) in [6, 6.07) is 0. The van der Waals surface area contributed by atoms with Gasteiger partial charge in [0.1, 0.15) is 0 Å². The molecule has 0 saturated carbocycles. The Morgan fingerprint density at radius 3 is 2.73 bits per heavy atom. The second-order valence-electron chi connectivity index (χ2n) is 3.82. The highest BCUT2D eigenvalue weighted by Gasteiger charge is 2.32. The lowest BCUT2D eigenvalue weighted by atomic mass is 9.92. The van der Waals surface area contributed by atoms with Gasteiger partial charge in [-0.2, -0.15) is 11.8 Å². The van der Waals surface area contributed by atoms with Crippen molar-refractivity contribution in [2.24, 2.45) is 0 Å². The van der Waals surface area contributed by atoms with Crippen molar-refractivity contribution >= 4 is 33.6 Å². The summed E-state index contributed by atoms with van der Waals surface area (Å²) < 4.78 is 5.31. The average Bonchev–Trinajstić information content (AvgIpc) is 2.27. The quantitative estimate of drug-likeness (QED) is 0.786. The molecule has 0 unspecified atom stereocenters. The van der Waals surface area contributed by atoms with Gasteiger partial charge >= 0.3 is 0 Å². The van der Waals surface area contributed by atoms with E-state index in [0.29, 0.717) is 6.42 Å². The van der Waals surface area contributed by atoms with Crippen molar-refractivity contribution in [1.29, 1.82) is 0 Å². The van der Waals surface area contributed by atoms with E-state index >= 15 is 0 Å². The number of nitrogens with one attached hydrogen (secondary N) is 1. The molecule has 0 aromatic rings. The standard InChI is InChI=1S/C10H18BrNO2S/c1-15-7-2-9(13)12-10(8-11)3-5-14-6-4-10/h2-8H2,1H3,(H,12,13). The summed E-state index contributed by atoms with van der Waals surface area (Å²) in [5.41, 5.74) is -0.0757. The zero-order chi connectivity index (χ0) is 11.1. The number of carbonyl (C=O) groups excluding carboxylic acids is 1. The summed E-state index contributed by atoms with van der Waals surface area (Å²) in [4.78, 5) is 11.6. The Balaban J connectivity index is 2.40. The number of hydrogen-bond donors (Lipinski definition) is 1. The van der Waals surface area contributed by atoms with Crippen molar-refractivity contribution < 1.29 is 9.53 Å². The Morgan fingerprint density at radius 2 is 2.20 bits per heavy atom. The van der Waals surface area contributed by atoms with Crippen molar-refractivity contribution in [3.8, 4) is 0 Å². The van der Waals surface area contributed by atoms with Crippen molar-refractivity contribution in [2.75, 3.05) is 30.6 Å². The molecule has 0 spiro atoms. The fourth-order valence-electron chi connectivity index (χ4n) is 1.61. The van der Waals surface area contributed by atoms with Crippen LogP contribution in [0, 0.1) is 0 Å². The molecule has 1 fully saturated rings. The number of rotatable bonds is 5. The van der Waals surface area contributed by atoms with Crippen LogP contribution < -0.4 is 5.32 Å². The molecule has 1 rings (SSSR count). The molecule has 0 bridgehead atoms. The Labute approximate surface area is 104 Å². The number of hydrogen-bond acceptors (Lipinski definition) is 3. The van der Waals surface area contributed by atoms with E-state index in [2.05, 4.69) is 21.2 Å². The lowest BCUT2D eigenvalue weighted by molar-refractivity contribution is -0.123. The molecule has 88 valence electrons. The first-order valence-corrected chi connectivity index (χ1v) is 7.68. The topological polar surface area (TPSA) is 38.3 Å². The molecule has 1 amide bonds. The van der Waals surface area contributed by atoms with Crippen molar-refractivity contribution in [3.05, 3.63) is 0 Å². The summed E-state index contributed by atoms with van der Waals surface area (Å²) in [6.07, 6.45) is 4.44. The van der Waals surface area contributed by atoms with Crippen LogP contribution in [-0.2, 0) is 9.53 Å².